The molecule has 0 unspecified atom stereocenters. The van der Waals surface area contributed by atoms with Crippen LogP contribution in [-0.2, 0) is 23.0 Å². The number of amides is 1. The van der Waals surface area contributed by atoms with Gasteiger partial charge in [0.15, 0.2) is 0 Å². The highest BCUT2D eigenvalue weighted by atomic mass is 32.2. The molecule has 8 nitrogen and oxygen atoms in total. The number of hydrogen-bond acceptors (Lipinski definition) is 6. The molecular formula is C22H26N4O4S2. The highest BCUT2D eigenvalue weighted by Gasteiger charge is 2.22. The van der Waals surface area contributed by atoms with E-state index in [0.717, 1.165) is 31.5 Å². The highest BCUT2D eigenvalue weighted by molar-refractivity contribution is 7.92. The first-order chi connectivity index (χ1) is 15.3. The first-order valence-corrected chi connectivity index (χ1v) is 13.2. The quantitative estimate of drug-likeness (QED) is 0.563. The molecule has 1 amide bonds. The van der Waals surface area contributed by atoms with Gasteiger partial charge in [0.25, 0.3) is 11.5 Å². The van der Waals surface area contributed by atoms with Gasteiger partial charge in [0.05, 0.1) is 16.0 Å². The van der Waals surface area contributed by atoms with E-state index in [4.69, 9.17) is 4.98 Å². The number of carbonyl (C=O) groups excluding carboxylic acids is 1. The lowest BCUT2D eigenvalue weighted by Crippen LogP contribution is -2.24. The Labute approximate surface area is 190 Å². The molecule has 4 rings (SSSR count). The summed E-state index contributed by atoms with van der Waals surface area (Å²) in [4.78, 5) is 31.8. The van der Waals surface area contributed by atoms with Crippen LogP contribution in [0.5, 0.6) is 0 Å². The molecule has 10 heteroatoms. The summed E-state index contributed by atoms with van der Waals surface area (Å²) in [5.74, 6) is 0.535. The van der Waals surface area contributed by atoms with Gasteiger partial charge in [0, 0.05) is 24.3 Å². The van der Waals surface area contributed by atoms with Gasteiger partial charge in [-0.2, -0.15) is 0 Å². The molecule has 1 aromatic carbocycles. The van der Waals surface area contributed by atoms with Crippen molar-refractivity contribution >= 4 is 48.9 Å². The van der Waals surface area contributed by atoms with Crippen LogP contribution in [0.3, 0.4) is 0 Å². The molecule has 1 aliphatic heterocycles. The number of anilines is 2. The summed E-state index contributed by atoms with van der Waals surface area (Å²) in [5.41, 5.74) is 1.55. The second kappa shape index (κ2) is 9.03. The molecule has 1 aliphatic rings. The summed E-state index contributed by atoms with van der Waals surface area (Å²) in [6.07, 6.45) is 4.36. The zero-order chi connectivity index (χ0) is 22.9. The predicted molar refractivity (Wildman–Crippen MR) is 128 cm³/mol. The van der Waals surface area contributed by atoms with Crippen molar-refractivity contribution in [2.75, 3.05) is 15.8 Å². The molecule has 170 valence electrons. The fourth-order valence-corrected chi connectivity index (χ4v) is 6.16. The molecular weight excluding hydrogens is 448 g/mol. The molecule has 3 aromatic rings. The fraction of sp³-hybridized carbons (Fsp3) is 0.409. The Balaban J connectivity index is 1.57. The van der Waals surface area contributed by atoms with Crippen LogP contribution < -0.4 is 15.6 Å². The molecule has 0 bridgehead atoms. The number of nitrogens with one attached hydrogen (secondary N) is 2. The van der Waals surface area contributed by atoms with Crippen LogP contribution in [0, 0.1) is 6.92 Å². The second-order valence-electron chi connectivity index (χ2n) is 7.98. The Morgan fingerprint density at radius 3 is 2.59 bits per heavy atom. The molecule has 0 atom stereocenters. The van der Waals surface area contributed by atoms with Crippen LogP contribution >= 0.6 is 11.3 Å². The summed E-state index contributed by atoms with van der Waals surface area (Å²) in [6.45, 7) is 4.25. The third-order valence-electron chi connectivity index (χ3n) is 5.51. The zero-order valence-electron chi connectivity index (χ0n) is 18.1. The molecule has 0 saturated carbocycles. The van der Waals surface area contributed by atoms with Crippen molar-refractivity contribution in [3.63, 3.8) is 0 Å². The summed E-state index contributed by atoms with van der Waals surface area (Å²) in [5, 5.41) is 3.35. The van der Waals surface area contributed by atoms with E-state index in [1.807, 2.05) is 0 Å². The largest absolute Gasteiger partial charge is 0.321 e. The van der Waals surface area contributed by atoms with E-state index >= 15 is 0 Å². The minimum absolute atomic E-state index is 0.0498. The van der Waals surface area contributed by atoms with Crippen molar-refractivity contribution in [2.45, 2.75) is 52.5 Å². The minimum atomic E-state index is -3.37. The summed E-state index contributed by atoms with van der Waals surface area (Å²) >= 11 is 1.23. The van der Waals surface area contributed by atoms with E-state index in [2.05, 4.69) is 10.0 Å². The maximum atomic E-state index is 13.1. The van der Waals surface area contributed by atoms with Crippen molar-refractivity contribution < 1.29 is 13.2 Å². The van der Waals surface area contributed by atoms with Gasteiger partial charge in [0.2, 0.25) is 10.0 Å². The monoisotopic (exact) mass is 474 g/mol. The Kier molecular flexibility index (Phi) is 6.34. The average Bonchev–Trinajstić information content (AvgIpc) is 2.91. The van der Waals surface area contributed by atoms with Crippen LogP contribution in [0.2, 0.25) is 0 Å². The minimum Gasteiger partial charge on any atom is -0.321 e. The summed E-state index contributed by atoms with van der Waals surface area (Å²) in [7, 11) is -3.37. The van der Waals surface area contributed by atoms with E-state index < -0.39 is 10.0 Å². The number of thiophene rings is 1. The average molecular weight is 475 g/mol. The number of benzene rings is 1. The molecule has 0 radical (unpaired) electrons. The maximum Gasteiger partial charge on any atom is 0.266 e. The SMILES string of the molecule is CCCS(=O)(=O)Nc1ccc(NC(=O)c2sc3nc4n(c(=O)c3c2C)CCCCC4)cc1. The van der Waals surface area contributed by atoms with E-state index in [1.54, 1.807) is 42.7 Å². The van der Waals surface area contributed by atoms with Crippen molar-refractivity contribution in [1.82, 2.24) is 9.55 Å². The first-order valence-electron chi connectivity index (χ1n) is 10.7. The smallest absolute Gasteiger partial charge is 0.266 e. The molecule has 0 fully saturated rings. The van der Waals surface area contributed by atoms with Crippen LogP contribution in [0.25, 0.3) is 10.2 Å². The molecule has 32 heavy (non-hydrogen) atoms. The second-order valence-corrected chi connectivity index (χ2v) is 10.8. The number of aryl methyl sites for hydroxylation is 2. The standard InChI is InChI=1S/C22H26N4O4S2/c1-3-13-32(29,30)25-16-10-8-15(9-11-16)23-20(27)19-14(2)18-21(31-19)24-17-7-5-4-6-12-26(17)22(18)28/h8-11,25H,3-7,12-13H2,1-2H3,(H,23,27). The fourth-order valence-electron chi connectivity index (χ4n) is 3.94. The lowest BCUT2D eigenvalue weighted by molar-refractivity contribution is 0.103. The predicted octanol–water partition coefficient (Wildman–Crippen LogP) is 3.90. The van der Waals surface area contributed by atoms with Crippen LogP contribution in [0.15, 0.2) is 29.1 Å². The van der Waals surface area contributed by atoms with E-state index in [0.29, 0.717) is 45.0 Å². The Bertz CT molecular complexity index is 1320. The normalized spacial score (nSPS) is 14.1. The Morgan fingerprint density at radius 2 is 1.88 bits per heavy atom. The van der Waals surface area contributed by atoms with Gasteiger partial charge >= 0.3 is 0 Å². The number of sulfonamides is 1. The third kappa shape index (κ3) is 4.56. The van der Waals surface area contributed by atoms with E-state index in [9.17, 15) is 18.0 Å². The first kappa shape index (κ1) is 22.5. The highest BCUT2D eigenvalue weighted by Crippen LogP contribution is 2.29. The van der Waals surface area contributed by atoms with Crippen molar-refractivity contribution in [2.24, 2.45) is 0 Å². The van der Waals surface area contributed by atoms with Gasteiger partial charge in [-0.15, -0.1) is 11.3 Å². The number of nitrogens with zero attached hydrogens (tertiary/aromatic N) is 2. The van der Waals surface area contributed by atoms with Gasteiger partial charge in [0.1, 0.15) is 10.7 Å². The van der Waals surface area contributed by atoms with Crippen molar-refractivity contribution in [1.29, 1.82) is 0 Å². The lowest BCUT2D eigenvalue weighted by atomic mass is 10.2. The molecule has 0 saturated heterocycles. The van der Waals surface area contributed by atoms with E-state index in [-0.39, 0.29) is 17.2 Å². The van der Waals surface area contributed by atoms with Gasteiger partial charge in [-0.3, -0.25) is 18.9 Å². The van der Waals surface area contributed by atoms with Gasteiger partial charge in [-0.1, -0.05) is 13.3 Å². The Morgan fingerprint density at radius 1 is 1.16 bits per heavy atom. The zero-order valence-corrected chi connectivity index (χ0v) is 19.7. The van der Waals surface area contributed by atoms with Crippen molar-refractivity contribution in [3.8, 4) is 0 Å². The number of fused-ring (bicyclic) bond motifs is 2. The van der Waals surface area contributed by atoms with Crippen molar-refractivity contribution in [3.05, 3.63) is 50.9 Å². The Hall–Kier alpha value is -2.72. The van der Waals surface area contributed by atoms with Gasteiger partial charge in [-0.05, 0) is 56.0 Å². The van der Waals surface area contributed by atoms with Crippen LogP contribution in [0.4, 0.5) is 11.4 Å². The van der Waals surface area contributed by atoms with E-state index in [1.165, 1.54) is 11.3 Å². The number of aromatic nitrogens is 2. The molecule has 2 aromatic heterocycles. The topological polar surface area (TPSA) is 110 Å². The molecule has 0 aliphatic carbocycles. The van der Waals surface area contributed by atoms with Gasteiger partial charge < -0.3 is 5.32 Å². The van der Waals surface area contributed by atoms with Gasteiger partial charge in [-0.25, -0.2) is 13.4 Å². The number of hydrogen-bond donors (Lipinski definition) is 2. The molecule has 3 heterocycles. The molecule has 2 N–H and O–H groups in total. The number of carbonyl (C=O) groups is 1. The van der Waals surface area contributed by atoms with Crippen LogP contribution in [-0.4, -0.2) is 29.6 Å². The molecule has 0 spiro atoms. The lowest BCUT2D eigenvalue weighted by Gasteiger charge is -2.09. The van der Waals surface area contributed by atoms with Crippen LogP contribution in [0.1, 0.15) is 53.7 Å². The summed E-state index contributed by atoms with van der Waals surface area (Å²) in [6, 6.07) is 6.48. The summed E-state index contributed by atoms with van der Waals surface area (Å²) < 4.78 is 28.1. The number of rotatable bonds is 6. The maximum absolute atomic E-state index is 13.1. The third-order valence-corrected chi connectivity index (χ3v) is 8.18.